The SMILES string of the molecule is CC(C)CN(C(C)C)C1CCCC(N)(C(N)=O)C1. The molecule has 1 rings (SSSR count). The highest BCUT2D eigenvalue weighted by Gasteiger charge is 2.40. The van der Waals surface area contributed by atoms with Gasteiger partial charge in [0.15, 0.2) is 0 Å². The van der Waals surface area contributed by atoms with Gasteiger partial charge in [0, 0.05) is 18.6 Å². The van der Waals surface area contributed by atoms with Crippen molar-refractivity contribution in [3.63, 3.8) is 0 Å². The van der Waals surface area contributed by atoms with Crippen molar-refractivity contribution in [3.8, 4) is 0 Å². The first-order valence-corrected chi connectivity index (χ1v) is 7.11. The summed E-state index contributed by atoms with van der Waals surface area (Å²) in [6.45, 7) is 9.92. The number of amides is 1. The van der Waals surface area contributed by atoms with Gasteiger partial charge in [-0.25, -0.2) is 0 Å². The van der Waals surface area contributed by atoms with E-state index in [1.807, 2.05) is 0 Å². The minimum absolute atomic E-state index is 0.347. The highest BCUT2D eigenvalue weighted by atomic mass is 16.1. The van der Waals surface area contributed by atoms with Crippen LogP contribution in [0, 0.1) is 5.92 Å². The quantitative estimate of drug-likeness (QED) is 0.781. The summed E-state index contributed by atoms with van der Waals surface area (Å²) >= 11 is 0. The average molecular weight is 255 g/mol. The van der Waals surface area contributed by atoms with E-state index in [-0.39, 0.29) is 5.91 Å². The fraction of sp³-hybridized carbons (Fsp3) is 0.929. The summed E-state index contributed by atoms with van der Waals surface area (Å²) < 4.78 is 0. The van der Waals surface area contributed by atoms with Crippen molar-refractivity contribution in [2.24, 2.45) is 17.4 Å². The summed E-state index contributed by atoms with van der Waals surface area (Å²) in [4.78, 5) is 14.0. The number of nitrogens with zero attached hydrogens (tertiary/aromatic N) is 1. The predicted octanol–water partition coefficient (Wildman–Crippen LogP) is 1.48. The Labute approximate surface area is 111 Å². The van der Waals surface area contributed by atoms with E-state index in [0.717, 1.165) is 25.8 Å². The molecule has 0 heterocycles. The van der Waals surface area contributed by atoms with Crippen LogP contribution in [0.5, 0.6) is 0 Å². The van der Waals surface area contributed by atoms with Crippen LogP contribution < -0.4 is 11.5 Å². The fourth-order valence-corrected chi connectivity index (χ4v) is 2.99. The molecule has 2 unspecified atom stereocenters. The van der Waals surface area contributed by atoms with E-state index in [1.54, 1.807) is 0 Å². The van der Waals surface area contributed by atoms with E-state index >= 15 is 0 Å². The molecule has 1 aliphatic rings. The lowest BCUT2D eigenvalue weighted by molar-refractivity contribution is -0.125. The molecule has 1 amide bonds. The average Bonchev–Trinajstić information content (AvgIpc) is 2.25. The zero-order valence-corrected chi connectivity index (χ0v) is 12.3. The number of rotatable bonds is 5. The first-order chi connectivity index (χ1) is 8.26. The van der Waals surface area contributed by atoms with Gasteiger partial charge in [0.25, 0.3) is 0 Å². The van der Waals surface area contributed by atoms with Crippen molar-refractivity contribution in [3.05, 3.63) is 0 Å². The molecule has 1 fully saturated rings. The van der Waals surface area contributed by atoms with Crippen LogP contribution in [-0.2, 0) is 4.79 Å². The molecular formula is C14H29N3O. The molecule has 106 valence electrons. The molecule has 4 nitrogen and oxygen atoms in total. The van der Waals surface area contributed by atoms with Gasteiger partial charge in [-0.2, -0.15) is 0 Å². The van der Waals surface area contributed by atoms with E-state index < -0.39 is 5.54 Å². The second-order valence-electron chi connectivity index (χ2n) is 6.45. The van der Waals surface area contributed by atoms with Crippen LogP contribution in [0.3, 0.4) is 0 Å². The van der Waals surface area contributed by atoms with Gasteiger partial charge in [-0.15, -0.1) is 0 Å². The Balaban J connectivity index is 2.77. The molecule has 0 aliphatic heterocycles. The standard InChI is InChI=1S/C14H29N3O/c1-10(2)9-17(11(3)4)12-6-5-7-14(16,8-12)13(15)18/h10-12H,5-9,16H2,1-4H3,(H2,15,18). The van der Waals surface area contributed by atoms with Crippen LogP contribution in [-0.4, -0.2) is 35.0 Å². The van der Waals surface area contributed by atoms with Crippen molar-refractivity contribution >= 4 is 5.91 Å². The molecule has 2 atom stereocenters. The third-order valence-electron chi connectivity index (χ3n) is 3.96. The lowest BCUT2D eigenvalue weighted by atomic mass is 9.78. The number of nitrogens with two attached hydrogens (primary N) is 2. The lowest BCUT2D eigenvalue weighted by Gasteiger charge is -2.43. The Bertz CT molecular complexity index is 291. The zero-order valence-electron chi connectivity index (χ0n) is 12.3. The van der Waals surface area contributed by atoms with Gasteiger partial charge in [0.2, 0.25) is 5.91 Å². The Morgan fingerprint density at radius 1 is 1.39 bits per heavy atom. The molecule has 0 aromatic rings. The van der Waals surface area contributed by atoms with Crippen LogP contribution in [0.2, 0.25) is 0 Å². The number of primary amides is 1. The van der Waals surface area contributed by atoms with Crippen molar-refractivity contribution in [2.45, 2.75) is 71.0 Å². The van der Waals surface area contributed by atoms with Gasteiger partial charge in [0.1, 0.15) is 0 Å². The summed E-state index contributed by atoms with van der Waals surface area (Å²) in [7, 11) is 0. The van der Waals surface area contributed by atoms with E-state index in [0.29, 0.717) is 24.4 Å². The van der Waals surface area contributed by atoms with Crippen molar-refractivity contribution in [2.75, 3.05) is 6.54 Å². The molecule has 4 heteroatoms. The highest BCUT2D eigenvalue weighted by molar-refractivity contribution is 5.84. The summed E-state index contributed by atoms with van der Waals surface area (Å²) in [5, 5.41) is 0. The third-order valence-corrected chi connectivity index (χ3v) is 3.96. The molecule has 0 spiro atoms. The summed E-state index contributed by atoms with van der Waals surface area (Å²) in [5.41, 5.74) is 10.8. The number of hydrogen-bond donors (Lipinski definition) is 2. The molecule has 1 saturated carbocycles. The first kappa shape index (κ1) is 15.4. The van der Waals surface area contributed by atoms with Gasteiger partial charge in [-0.05, 0) is 45.4 Å². The van der Waals surface area contributed by atoms with E-state index in [2.05, 4.69) is 32.6 Å². The molecule has 18 heavy (non-hydrogen) atoms. The summed E-state index contributed by atoms with van der Waals surface area (Å²) in [6, 6.07) is 0.867. The molecule has 0 aromatic carbocycles. The first-order valence-electron chi connectivity index (χ1n) is 7.11. The van der Waals surface area contributed by atoms with E-state index in [4.69, 9.17) is 11.5 Å². The maximum atomic E-state index is 11.5. The molecular weight excluding hydrogens is 226 g/mol. The summed E-state index contributed by atoms with van der Waals surface area (Å²) in [6.07, 6.45) is 3.54. The molecule has 4 N–H and O–H groups in total. The molecule has 0 radical (unpaired) electrons. The van der Waals surface area contributed by atoms with Crippen LogP contribution in [0.15, 0.2) is 0 Å². The van der Waals surface area contributed by atoms with Crippen LogP contribution in [0.25, 0.3) is 0 Å². The van der Waals surface area contributed by atoms with Gasteiger partial charge >= 0.3 is 0 Å². The van der Waals surface area contributed by atoms with Gasteiger partial charge in [-0.1, -0.05) is 13.8 Å². The second kappa shape index (κ2) is 6.02. The predicted molar refractivity (Wildman–Crippen MR) is 75.0 cm³/mol. The molecule has 1 aliphatic carbocycles. The molecule has 0 aromatic heterocycles. The van der Waals surface area contributed by atoms with Crippen LogP contribution in [0.4, 0.5) is 0 Å². The number of carbonyl (C=O) groups is 1. The minimum atomic E-state index is -0.799. The monoisotopic (exact) mass is 255 g/mol. The number of hydrogen-bond acceptors (Lipinski definition) is 3. The van der Waals surface area contributed by atoms with Crippen molar-refractivity contribution < 1.29 is 4.79 Å². The topological polar surface area (TPSA) is 72.3 Å². The van der Waals surface area contributed by atoms with Gasteiger partial charge < -0.3 is 11.5 Å². The highest BCUT2D eigenvalue weighted by Crippen LogP contribution is 2.30. The smallest absolute Gasteiger partial charge is 0.237 e. The Morgan fingerprint density at radius 2 is 2.00 bits per heavy atom. The minimum Gasteiger partial charge on any atom is -0.368 e. The van der Waals surface area contributed by atoms with E-state index in [1.165, 1.54) is 0 Å². The third kappa shape index (κ3) is 3.69. The zero-order chi connectivity index (χ0) is 13.9. The van der Waals surface area contributed by atoms with Gasteiger partial charge in [-0.3, -0.25) is 9.69 Å². The second-order valence-corrected chi connectivity index (χ2v) is 6.45. The van der Waals surface area contributed by atoms with Crippen molar-refractivity contribution in [1.82, 2.24) is 4.90 Å². The van der Waals surface area contributed by atoms with E-state index in [9.17, 15) is 4.79 Å². The van der Waals surface area contributed by atoms with Gasteiger partial charge in [0.05, 0.1) is 5.54 Å². The number of carbonyl (C=O) groups excluding carboxylic acids is 1. The lowest BCUT2D eigenvalue weighted by Crippen LogP contribution is -2.59. The normalized spacial score (nSPS) is 29.2. The van der Waals surface area contributed by atoms with Crippen LogP contribution in [0.1, 0.15) is 53.4 Å². The Morgan fingerprint density at radius 3 is 2.44 bits per heavy atom. The molecule has 0 saturated heterocycles. The maximum Gasteiger partial charge on any atom is 0.237 e. The Hall–Kier alpha value is -0.610. The summed E-state index contributed by atoms with van der Waals surface area (Å²) in [5.74, 6) is 0.274. The van der Waals surface area contributed by atoms with Crippen molar-refractivity contribution in [1.29, 1.82) is 0 Å². The van der Waals surface area contributed by atoms with Crippen LogP contribution >= 0.6 is 0 Å². The largest absolute Gasteiger partial charge is 0.368 e. The Kier molecular flexibility index (Phi) is 5.17. The molecule has 0 bridgehead atoms. The fourth-order valence-electron chi connectivity index (χ4n) is 2.99. The maximum absolute atomic E-state index is 11.5.